The Morgan fingerprint density at radius 2 is 1.97 bits per heavy atom. The third-order valence-electron chi connectivity index (χ3n) is 12.0. The Morgan fingerprint density at radius 3 is 2.64 bits per heavy atom. The lowest BCUT2D eigenvalue weighted by atomic mass is 9.44. The molecule has 1 heterocycles. The van der Waals surface area contributed by atoms with E-state index in [-0.39, 0.29) is 39.7 Å². The van der Waals surface area contributed by atoms with Crippen LogP contribution in [0.4, 0.5) is 0 Å². The van der Waals surface area contributed by atoms with E-state index in [9.17, 15) is 9.90 Å². The Morgan fingerprint density at radius 1 is 1.24 bits per heavy atom. The van der Waals surface area contributed by atoms with Crippen molar-refractivity contribution in [3.05, 3.63) is 0 Å². The van der Waals surface area contributed by atoms with Gasteiger partial charge in [-0.25, -0.2) is 0 Å². The number of Topliss-reactive ketones (excluding diaryl/α,β-unsaturated/α-hetero) is 1. The Kier molecular flexibility index (Phi) is 5.55. The van der Waals surface area contributed by atoms with Crippen LogP contribution in [0.5, 0.6) is 0 Å². The van der Waals surface area contributed by atoms with Gasteiger partial charge in [-0.05, 0) is 99.8 Å². The Labute approximate surface area is 205 Å². The minimum absolute atomic E-state index is 0.00957. The average Bonchev–Trinajstić information content (AvgIpc) is 3.38. The van der Waals surface area contributed by atoms with Crippen LogP contribution in [0.1, 0.15) is 79.1 Å². The highest BCUT2D eigenvalue weighted by Crippen LogP contribution is 2.85. The Bertz CT molecular complexity index is 849. The monoisotopic (exact) mass is 476 g/mol. The molecule has 5 rings (SSSR count). The lowest BCUT2D eigenvalue weighted by Gasteiger charge is -2.59. The van der Waals surface area contributed by atoms with E-state index in [1.54, 1.807) is 0 Å². The molecular formula is C27H44N2O3S. The molecule has 0 aromatic rings. The zero-order valence-electron chi connectivity index (χ0n) is 21.4. The van der Waals surface area contributed by atoms with Crippen LogP contribution in [0.25, 0.3) is 0 Å². The van der Waals surface area contributed by atoms with E-state index >= 15 is 0 Å². The van der Waals surface area contributed by atoms with Crippen molar-refractivity contribution >= 4 is 23.2 Å². The minimum atomic E-state index is -0.333. The van der Waals surface area contributed by atoms with Gasteiger partial charge in [0.1, 0.15) is 5.78 Å². The van der Waals surface area contributed by atoms with Crippen molar-refractivity contribution < 1.29 is 14.6 Å². The number of hydrogen-bond acceptors (Lipinski definition) is 5. The molecule has 0 radical (unpaired) electrons. The van der Waals surface area contributed by atoms with E-state index < -0.39 is 0 Å². The highest BCUT2D eigenvalue weighted by Gasteiger charge is 2.83. The molecule has 5 nitrogen and oxygen atoms in total. The van der Waals surface area contributed by atoms with Crippen LogP contribution in [0.15, 0.2) is 0 Å². The number of nitrogens with zero attached hydrogens (tertiary/aromatic N) is 1. The van der Waals surface area contributed by atoms with Crippen LogP contribution in [0, 0.1) is 39.4 Å². The van der Waals surface area contributed by atoms with Crippen molar-refractivity contribution in [1.29, 1.82) is 0 Å². The lowest BCUT2D eigenvalue weighted by Crippen LogP contribution is -2.59. The smallest absolute Gasteiger partial charge is 0.256 e. The molecule has 33 heavy (non-hydrogen) atoms. The van der Waals surface area contributed by atoms with Gasteiger partial charge in [-0.1, -0.05) is 20.8 Å². The Balaban J connectivity index is 1.46. The third-order valence-corrected chi connectivity index (χ3v) is 12.2. The second-order valence-electron chi connectivity index (χ2n) is 13.1. The molecule has 1 spiro atoms. The van der Waals surface area contributed by atoms with Crippen molar-refractivity contribution in [3.8, 4) is 0 Å². The SMILES string of the molecule is CC1CCC2C3(CC13CCC1CCOC(=S)N1)C(=O)CC1(C)C([C@H](C)N(C)C)[C@H](O)C[C@@]21C. The van der Waals surface area contributed by atoms with Gasteiger partial charge >= 0.3 is 0 Å². The molecule has 4 saturated carbocycles. The van der Waals surface area contributed by atoms with Crippen LogP contribution in [0.3, 0.4) is 0 Å². The molecular weight excluding hydrogens is 432 g/mol. The number of fused-ring (bicyclic) bond motifs is 2. The second kappa shape index (κ2) is 7.64. The molecule has 2 N–H and O–H groups in total. The lowest BCUT2D eigenvalue weighted by molar-refractivity contribution is -0.161. The van der Waals surface area contributed by atoms with E-state index in [2.05, 4.69) is 52.0 Å². The first-order valence-corrected chi connectivity index (χ1v) is 13.6. The number of ketones is 1. The summed E-state index contributed by atoms with van der Waals surface area (Å²) in [5.41, 5.74) is -0.169. The van der Waals surface area contributed by atoms with Gasteiger partial charge in [0.25, 0.3) is 5.17 Å². The van der Waals surface area contributed by atoms with Crippen molar-refractivity contribution in [2.45, 2.75) is 97.2 Å². The number of thiocarbonyl (C=S) groups is 1. The largest absolute Gasteiger partial charge is 0.471 e. The first-order valence-electron chi connectivity index (χ1n) is 13.2. The standard InChI is InChI=1S/C27H44N2O3S/c1-16-7-8-20-24(3)13-19(30)22(17(2)29(5)6)25(24,4)14-21(31)27(20)15-26(16,27)11-9-18-10-12-32-23(33)28-18/h16-20,22,30H,7-15H2,1-6H3,(H,28,33)/t16?,17-,18?,19+,20?,22?,24-,25?,26?,27?/m0/s1. The summed E-state index contributed by atoms with van der Waals surface area (Å²) in [6.07, 6.45) is 7.69. The van der Waals surface area contributed by atoms with Crippen LogP contribution in [0.2, 0.25) is 0 Å². The molecule has 10 atom stereocenters. The second-order valence-corrected chi connectivity index (χ2v) is 13.4. The van der Waals surface area contributed by atoms with Crippen molar-refractivity contribution in [2.24, 2.45) is 39.4 Å². The van der Waals surface area contributed by atoms with E-state index in [4.69, 9.17) is 17.0 Å². The predicted octanol–water partition coefficient (Wildman–Crippen LogP) is 4.17. The van der Waals surface area contributed by atoms with Crippen LogP contribution in [-0.4, -0.2) is 59.9 Å². The number of rotatable bonds is 5. The molecule has 1 aliphatic heterocycles. The fraction of sp³-hybridized carbons (Fsp3) is 0.926. The fourth-order valence-corrected chi connectivity index (χ4v) is 10.1. The average molecular weight is 477 g/mol. The molecule has 186 valence electrons. The first kappa shape index (κ1) is 24.0. The number of aliphatic hydroxyl groups excluding tert-OH is 1. The van der Waals surface area contributed by atoms with Gasteiger partial charge in [-0.2, -0.15) is 0 Å². The summed E-state index contributed by atoms with van der Waals surface area (Å²) >= 11 is 5.25. The maximum atomic E-state index is 14.2. The fourth-order valence-electron chi connectivity index (χ4n) is 9.82. The molecule has 5 aliphatic rings. The summed E-state index contributed by atoms with van der Waals surface area (Å²) in [4.78, 5) is 16.5. The summed E-state index contributed by atoms with van der Waals surface area (Å²) in [6, 6.07) is 0.618. The topological polar surface area (TPSA) is 61.8 Å². The van der Waals surface area contributed by atoms with Gasteiger partial charge in [0.05, 0.1) is 12.7 Å². The third kappa shape index (κ3) is 3.02. The Hall–Kier alpha value is -0.720. The maximum Gasteiger partial charge on any atom is 0.256 e. The molecule has 6 heteroatoms. The van der Waals surface area contributed by atoms with Crippen molar-refractivity contribution in [2.75, 3.05) is 20.7 Å². The van der Waals surface area contributed by atoms with Gasteiger partial charge < -0.3 is 20.1 Å². The number of aliphatic hydroxyl groups is 1. The van der Waals surface area contributed by atoms with E-state index in [0.29, 0.717) is 41.9 Å². The summed E-state index contributed by atoms with van der Waals surface area (Å²) in [7, 11) is 4.21. The molecule has 0 amide bonds. The number of carbonyl (C=O) groups is 1. The molecule has 7 unspecified atom stereocenters. The minimum Gasteiger partial charge on any atom is -0.471 e. The zero-order chi connectivity index (χ0) is 24.0. The number of nitrogens with one attached hydrogen (secondary N) is 1. The van der Waals surface area contributed by atoms with Gasteiger partial charge in [0.15, 0.2) is 0 Å². The molecule has 1 saturated heterocycles. The molecule has 0 bridgehead atoms. The summed E-state index contributed by atoms with van der Waals surface area (Å²) in [6.45, 7) is 10.1. The maximum absolute atomic E-state index is 14.2. The normalized spacial score (nSPS) is 51.8. The van der Waals surface area contributed by atoms with Crippen LogP contribution in [-0.2, 0) is 9.53 Å². The van der Waals surface area contributed by atoms with Crippen molar-refractivity contribution in [1.82, 2.24) is 10.2 Å². The highest BCUT2D eigenvalue weighted by molar-refractivity contribution is 7.80. The predicted molar refractivity (Wildman–Crippen MR) is 134 cm³/mol. The van der Waals surface area contributed by atoms with Crippen LogP contribution >= 0.6 is 12.2 Å². The van der Waals surface area contributed by atoms with Gasteiger partial charge in [0, 0.05) is 36.3 Å². The molecule has 5 fully saturated rings. The summed E-state index contributed by atoms with van der Waals surface area (Å²) in [5.74, 6) is 1.63. The quantitative estimate of drug-likeness (QED) is 0.581. The van der Waals surface area contributed by atoms with Crippen LogP contribution < -0.4 is 5.32 Å². The van der Waals surface area contributed by atoms with Crippen molar-refractivity contribution in [3.63, 3.8) is 0 Å². The number of carbonyl (C=O) groups excluding carboxylic acids is 1. The van der Waals surface area contributed by atoms with E-state index in [1.165, 1.54) is 6.42 Å². The first-order chi connectivity index (χ1) is 15.4. The van der Waals surface area contributed by atoms with Gasteiger partial charge in [-0.3, -0.25) is 4.79 Å². The zero-order valence-corrected chi connectivity index (χ0v) is 22.3. The van der Waals surface area contributed by atoms with E-state index in [1.807, 2.05) is 0 Å². The molecule has 0 aromatic carbocycles. The molecule has 0 aromatic heterocycles. The summed E-state index contributed by atoms with van der Waals surface area (Å²) in [5, 5.41) is 15.3. The molecule has 4 aliphatic carbocycles. The van der Waals surface area contributed by atoms with E-state index in [0.717, 1.165) is 38.5 Å². The summed E-state index contributed by atoms with van der Waals surface area (Å²) < 4.78 is 5.43. The van der Waals surface area contributed by atoms with Gasteiger partial charge in [0.2, 0.25) is 0 Å². The highest BCUT2D eigenvalue weighted by atomic mass is 32.1. The number of hydrogen-bond donors (Lipinski definition) is 2. The number of ether oxygens (including phenoxy) is 1. The van der Waals surface area contributed by atoms with Gasteiger partial charge in [-0.15, -0.1) is 0 Å².